The van der Waals surface area contributed by atoms with Gasteiger partial charge >= 0.3 is 0 Å². The van der Waals surface area contributed by atoms with Crippen LogP contribution in [0.4, 0.5) is 5.69 Å². The highest BCUT2D eigenvalue weighted by atomic mass is 16.5. The molecule has 0 aromatic heterocycles. The largest absolute Gasteiger partial charge is 0.497 e. The van der Waals surface area contributed by atoms with Crippen molar-refractivity contribution in [1.82, 2.24) is 4.90 Å². The Morgan fingerprint density at radius 3 is 2.35 bits per heavy atom. The molecule has 0 saturated heterocycles. The summed E-state index contributed by atoms with van der Waals surface area (Å²) in [5.41, 5.74) is 1.88. The second-order valence-corrected chi connectivity index (χ2v) is 7.41. The van der Waals surface area contributed by atoms with Crippen LogP contribution in [0.3, 0.4) is 0 Å². The number of carbonyl (C=O) groups is 2. The fraction of sp³-hybridized carbons (Fsp3) is 0.333. The monoisotopic (exact) mass is 424 g/mol. The fourth-order valence-corrected chi connectivity index (χ4v) is 3.35. The van der Waals surface area contributed by atoms with Crippen molar-refractivity contribution in [3.63, 3.8) is 0 Å². The van der Waals surface area contributed by atoms with Crippen molar-refractivity contribution < 1.29 is 23.8 Å². The molecule has 2 aromatic rings. The number of anilines is 1. The molecule has 7 heteroatoms. The molecule has 1 aliphatic rings. The number of benzene rings is 2. The number of methoxy groups -OCH3 is 2. The van der Waals surface area contributed by atoms with E-state index in [4.69, 9.17) is 14.2 Å². The number of ether oxygens (including phenoxy) is 3. The van der Waals surface area contributed by atoms with Gasteiger partial charge in [-0.1, -0.05) is 18.2 Å². The molecular formula is C24H28N2O5. The number of amides is 2. The summed E-state index contributed by atoms with van der Waals surface area (Å²) in [6.07, 6.45) is 0.607. The minimum atomic E-state index is -0.360. The number of nitrogens with one attached hydrogen (secondary N) is 1. The van der Waals surface area contributed by atoms with Crippen LogP contribution in [0.2, 0.25) is 0 Å². The Balaban J connectivity index is 1.96. The Morgan fingerprint density at radius 2 is 1.71 bits per heavy atom. The van der Waals surface area contributed by atoms with E-state index < -0.39 is 0 Å². The lowest BCUT2D eigenvalue weighted by Gasteiger charge is -2.15. The van der Waals surface area contributed by atoms with Crippen molar-refractivity contribution in [3.05, 3.63) is 59.8 Å². The van der Waals surface area contributed by atoms with Crippen molar-refractivity contribution in [2.24, 2.45) is 0 Å². The van der Waals surface area contributed by atoms with E-state index in [0.29, 0.717) is 41.4 Å². The van der Waals surface area contributed by atoms with Gasteiger partial charge in [-0.3, -0.25) is 14.5 Å². The van der Waals surface area contributed by atoms with Gasteiger partial charge in [-0.05, 0) is 50.1 Å². The lowest BCUT2D eigenvalue weighted by Crippen LogP contribution is -2.33. The third kappa shape index (κ3) is 5.24. The minimum Gasteiger partial charge on any atom is -0.497 e. The zero-order valence-electron chi connectivity index (χ0n) is 18.3. The Morgan fingerprint density at radius 1 is 0.968 bits per heavy atom. The number of hydrogen-bond donors (Lipinski definition) is 1. The second-order valence-electron chi connectivity index (χ2n) is 7.41. The quantitative estimate of drug-likeness (QED) is 0.463. The van der Waals surface area contributed by atoms with Gasteiger partial charge in [0.05, 0.1) is 18.8 Å². The van der Waals surface area contributed by atoms with Crippen LogP contribution in [0, 0.1) is 0 Å². The Kier molecular flexibility index (Phi) is 7.31. The van der Waals surface area contributed by atoms with Crippen LogP contribution < -0.4 is 14.8 Å². The molecule has 7 nitrogen and oxygen atoms in total. The van der Waals surface area contributed by atoms with Crippen molar-refractivity contribution in [2.75, 3.05) is 32.7 Å². The predicted molar refractivity (Wildman–Crippen MR) is 119 cm³/mol. The lowest BCUT2D eigenvalue weighted by atomic mass is 10.0. The van der Waals surface area contributed by atoms with Gasteiger partial charge in [-0.25, -0.2) is 0 Å². The second kappa shape index (κ2) is 10.1. The van der Waals surface area contributed by atoms with Gasteiger partial charge in [-0.2, -0.15) is 0 Å². The standard InChI is InChI=1S/C24H28N2O5/c1-16(2)31-19-11-9-17(10-12-19)21-22(25-18-7-5-8-20(15-18)30-4)24(28)26(23(21)27)13-6-14-29-3/h5,7-12,15-16,25H,6,13-14H2,1-4H3. The molecular weight excluding hydrogens is 396 g/mol. The van der Waals surface area contributed by atoms with Crippen LogP contribution in [0.25, 0.3) is 5.57 Å². The first kappa shape index (κ1) is 22.4. The zero-order valence-corrected chi connectivity index (χ0v) is 18.3. The van der Waals surface area contributed by atoms with Crippen LogP contribution in [-0.4, -0.2) is 50.2 Å². The van der Waals surface area contributed by atoms with Crippen LogP contribution in [0.1, 0.15) is 25.8 Å². The molecule has 0 bridgehead atoms. The summed E-state index contributed by atoms with van der Waals surface area (Å²) in [5.74, 6) is 0.664. The molecule has 0 aliphatic carbocycles. The topological polar surface area (TPSA) is 77.1 Å². The first-order chi connectivity index (χ1) is 14.9. The molecule has 0 unspecified atom stereocenters. The van der Waals surface area contributed by atoms with Crippen molar-refractivity contribution in [2.45, 2.75) is 26.4 Å². The summed E-state index contributed by atoms with van der Waals surface area (Å²) in [6.45, 7) is 4.65. The van der Waals surface area contributed by atoms with Crippen LogP contribution in [0.15, 0.2) is 54.2 Å². The van der Waals surface area contributed by atoms with E-state index in [9.17, 15) is 9.59 Å². The van der Waals surface area contributed by atoms with Crippen LogP contribution in [0.5, 0.6) is 11.5 Å². The molecule has 0 radical (unpaired) electrons. The van der Waals surface area contributed by atoms with Gasteiger partial charge in [0, 0.05) is 32.0 Å². The van der Waals surface area contributed by atoms with Crippen molar-refractivity contribution >= 4 is 23.1 Å². The van der Waals surface area contributed by atoms with E-state index >= 15 is 0 Å². The highest BCUT2D eigenvalue weighted by molar-refractivity contribution is 6.36. The van der Waals surface area contributed by atoms with E-state index in [2.05, 4.69) is 5.32 Å². The predicted octanol–water partition coefficient (Wildman–Crippen LogP) is 3.71. The molecule has 1 aliphatic heterocycles. The molecule has 1 heterocycles. The van der Waals surface area contributed by atoms with Gasteiger partial charge < -0.3 is 19.5 Å². The summed E-state index contributed by atoms with van der Waals surface area (Å²) >= 11 is 0. The van der Waals surface area contributed by atoms with E-state index in [0.717, 1.165) is 0 Å². The SMILES string of the molecule is COCCCN1C(=O)C(Nc2cccc(OC)c2)=C(c2ccc(OC(C)C)cc2)C1=O. The Hall–Kier alpha value is -3.32. The fourth-order valence-electron chi connectivity index (χ4n) is 3.35. The zero-order chi connectivity index (χ0) is 22.4. The van der Waals surface area contributed by atoms with Gasteiger partial charge in [0.2, 0.25) is 0 Å². The molecule has 164 valence electrons. The molecule has 31 heavy (non-hydrogen) atoms. The Bertz CT molecular complexity index is 966. The molecule has 0 spiro atoms. The number of hydrogen-bond acceptors (Lipinski definition) is 6. The van der Waals surface area contributed by atoms with E-state index in [-0.39, 0.29) is 30.2 Å². The first-order valence-corrected chi connectivity index (χ1v) is 10.2. The van der Waals surface area contributed by atoms with Gasteiger partial charge in [0.15, 0.2) is 0 Å². The van der Waals surface area contributed by atoms with Gasteiger partial charge in [0.1, 0.15) is 17.2 Å². The van der Waals surface area contributed by atoms with Crippen molar-refractivity contribution in [3.8, 4) is 11.5 Å². The molecule has 1 N–H and O–H groups in total. The van der Waals surface area contributed by atoms with E-state index in [1.807, 2.05) is 32.0 Å². The first-order valence-electron chi connectivity index (χ1n) is 10.2. The van der Waals surface area contributed by atoms with Gasteiger partial charge in [0.25, 0.3) is 11.8 Å². The average Bonchev–Trinajstić information content (AvgIpc) is 2.98. The third-order valence-corrected chi connectivity index (χ3v) is 4.75. The van der Waals surface area contributed by atoms with E-state index in [1.165, 1.54) is 4.90 Å². The summed E-state index contributed by atoms with van der Waals surface area (Å²) in [5, 5.41) is 3.14. The van der Waals surface area contributed by atoms with E-state index in [1.54, 1.807) is 44.6 Å². The number of carbonyl (C=O) groups excluding carboxylic acids is 2. The summed E-state index contributed by atoms with van der Waals surface area (Å²) in [4.78, 5) is 27.6. The van der Waals surface area contributed by atoms with Gasteiger partial charge in [-0.15, -0.1) is 0 Å². The lowest BCUT2D eigenvalue weighted by molar-refractivity contribution is -0.137. The van der Waals surface area contributed by atoms with Crippen LogP contribution >= 0.6 is 0 Å². The van der Waals surface area contributed by atoms with Crippen LogP contribution in [-0.2, 0) is 14.3 Å². The maximum atomic E-state index is 13.2. The number of nitrogens with zero attached hydrogens (tertiary/aromatic N) is 1. The molecule has 3 rings (SSSR count). The highest BCUT2D eigenvalue weighted by Crippen LogP contribution is 2.32. The molecule has 0 fully saturated rings. The molecule has 2 aromatic carbocycles. The summed E-state index contributed by atoms with van der Waals surface area (Å²) < 4.78 is 16.0. The smallest absolute Gasteiger partial charge is 0.278 e. The minimum absolute atomic E-state index is 0.0429. The third-order valence-electron chi connectivity index (χ3n) is 4.75. The average molecular weight is 424 g/mol. The summed E-state index contributed by atoms with van der Waals surface area (Å²) in [7, 11) is 3.17. The highest BCUT2D eigenvalue weighted by Gasteiger charge is 2.38. The normalized spacial score (nSPS) is 13.9. The summed E-state index contributed by atoms with van der Waals surface area (Å²) in [6, 6.07) is 14.4. The molecule has 0 saturated carbocycles. The maximum Gasteiger partial charge on any atom is 0.278 e. The number of rotatable bonds is 10. The number of imide groups is 1. The molecule has 0 atom stereocenters. The van der Waals surface area contributed by atoms with Crippen molar-refractivity contribution in [1.29, 1.82) is 0 Å². The Labute approximate surface area is 182 Å². The molecule has 2 amide bonds. The maximum absolute atomic E-state index is 13.2.